The molecule has 116 valence electrons. The number of anilines is 1. The fraction of sp³-hybridized carbons (Fsp3) is 0.667. The monoisotopic (exact) mass is 308 g/mol. The maximum atomic E-state index is 12.2. The van der Waals surface area contributed by atoms with Crippen LogP contribution in [0.25, 0.3) is 0 Å². The molecule has 5 nitrogen and oxygen atoms in total. The second-order valence-electron chi connectivity index (χ2n) is 5.40. The smallest absolute Gasteiger partial charge is 0.271 e. The Bertz CT molecular complexity index is 461. The van der Waals surface area contributed by atoms with E-state index in [0.717, 1.165) is 31.1 Å². The van der Waals surface area contributed by atoms with Gasteiger partial charge in [-0.1, -0.05) is 6.92 Å². The van der Waals surface area contributed by atoms with E-state index in [0.29, 0.717) is 11.5 Å². The molecule has 0 unspecified atom stereocenters. The lowest BCUT2D eigenvalue weighted by Gasteiger charge is -2.27. The molecule has 0 atom stereocenters. The SMILES string of the molecule is CCCNc1cncc(C(=O)NC2CCC(SC)CC2)n1. The van der Waals surface area contributed by atoms with Gasteiger partial charge in [0.15, 0.2) is 0 Å². The maximum absolute atomic E-state index is 12.2. The van der Waals surface area contributed by atoms with E-state index in [1.807, 2.05) is 11.8 Å². The van der Waals surface area contributed by atoms with E-state index in [1.165, 1.54) is 19.0 Å². The highest BCUT2D eigenvalue weighted by Gasteiger charge is 2.22. The van der Waals surface area contributed by atoms with Crippen LogP contribution in [0.15, 0.2) is 12.4 Å². The summed E-state index contributed by atoms with van der Waals surface area (Å²) in [6.45, 7) is 2.92. The third-order valence-corrected chi connectivity index (χ3v) is 4.90. The maximum Gasteiger partial charge on any atom is 0.271 e. The van der Waals surface area contributed by atoms with E-state index >= 15 is 0 Å². The number of amides is 1. The van der Waals surface area contributed by atoms with E-state index < -0.39 is 0 Å². The molecule has 2 rings (SSSR count). The highest BCUT2D eigenvalue weighted by molar-refractivity contribution is 7.99. The molecule has 0 bridgehead atoms. The first-order chi connectivity index (χ1) is 10.2. The number of rotatable bonds is 6. The molecule has 1 fully saturated rings. The Labute approximate surface area is 130 Å². The van der Waals surface area contributed by atoms with Crippen LogP contribution in [-0.2, 0) is 0 Å². The molecule has 0 saturated heterocycles. The molecular formula is C15H24N4OS. The molecule has 1 aliphatic rings. The number of nitrogens with zero attached hydrogens (tertiary/aromatic N) is 2. The summed E-state index contributed by atoms with van der Waals surface area (Å²) in [5, 5.41) is 6.98. The van der Waals surface area contributed by atoms with Gasteiger partial charge >= 0.3 is 0 Å². The second kappa shape index (κ2) is 8.22. The van der Waals surface area contributed by atoms with Gasteiger partial charge < -0.3 is 10.6 Å². The first kappa shape index (κ1) is 16.1. The molecule has 1 heterocycles. The number of carbonyl (C=O) groups excluding carboxylic acids is 1. The molecule has 1 aromatic rings. The average Bonchev–Trinajstić information content (AvgIpc) is 2.54. The summed E-state index contributed by atoms with van der Waals surface area (Å²) in [5.74, 6) is 0.547. The highest BCUT2D eigenvalue weighted by Crippen LogP contribution is 2.26. The van der Waals surface area contributed by atoms with Crippen molar-refractivity contribution in [2.45, 2.75) is 50.3 Å². The zero-order chi connectivity index (χ0) is 15.1. The Morgan fingerprint density at radius 3 is 2.76 bits per heavy atom. The fourth-order valence-electron chi connectivity index (χ4n) is 2.52. The van der Waals surface area contributed by atoms with Crippen LogP contribution in [-0.4, -0.2) is 40.0 Å². The summed E-state index contributed by atoms with van der Waals surface area (Å²) in [7, 11) is 0. The third kappa shape index (κ3) is 4.88. The lowest BCUT2D eigenvalue weighted by molar-refractivity contribution is 0.0923. The summed E-state index contributed by atoms with van der Waals surface area (Å²) in [6.07, 6.45) is 10.8. The van der Waals surface area contributed by atoms with Crippen LogP contribution in [0.4, 0.5) is 5.82 Å². The number of aromatic nitrogens is 2. The predicted molar refractivity (Wildman–Crippen MR) is 87.8 cm³/mol. The number of thioether (sulfide) groups is 1. The van der Waals surface area contributed by atoms with Crippen LogP contribution in [0.5, 0.6) is 0 Å². The van der Waals surface area contributed by atoms with Crippen LogP contribution in [0, 0.1) is 0 Å². The van der Waals surface area contributed by atoms with Crippen LogP contribution < -0.4 is 10.6 Å². The summed E-state index contributed by atoms with van der Waals surface area (Å²) < 4.78 is 0. The Morgan fingerprint density at radius 2 is 2.10 bits per heavy atom. The third-order valence-electron chi connectivity index (χ3n) is 3.77. The van der Waals surface area contributed by atoms with E-state index in [4.69, 9.17) is 0 Å². The molecule has 1 aromatic heterocycles. The standard InChI is InChI=1S/C15H24N4OS/c1-3-8-17-14-10-16-9-13(19-14)15(20)18-11-4-6-12(21-2)7-5-11/h9-12H,3-8H2,1-2H3,(H,17,19)(H,18,20). The normalized spacial score (nSPS) is 21.8. The van der Waals surface area contributed by atoms with Crippen molar-refractivity contribution in [2.24, 2.45) is 0 Å². The van der Waals surface area contributed by atoms with Gasteiger partial charge in [-0.25, -0.2) is 4.98 Å². The Kier molecular flexibility index (Phi) is 6.29. The largest absolute Gasteiger partial charge is 0.369 e. The average molecular weight is 308 g/mol. The molecule has 1 aliphatic carbocycles. The fourth-order valence-corrected chi connectivity index (χ4v) is 3.26. The molecule has 1 amide bonds. The van der Waals surface area contributed by atoms with Crippen molar-refractivity contribution in [3.63, 3.8) is 0 Å². The first-order valence-corrected chi connectivity index (χ1v) is 8.91. The van der Waals surface area contributed by atoms with Crippen molar-refractivity contribution < 1.29 is 4.79 Å². The summed E-state index contributed by atoms with van der Waals surface area (Å²) in [6, 6.07) is 0.273. The number of carbonyl (C=O) groups is 1. The van der Waals surface area contributed by atoms with E-state index in [9.17, 15) is 4.79 Å². The molecule has 2 N–H and O–H groups in total. The number of hydrogen-bond acceptors (Lipinski definition) is 5. The van der Waals surface area contributed by atoms with Crippen molar-refractivity contribution in [1.29, 1.82) is 0 Å². The van der Waals surface area contributed by atoms with Gasteiger partial charge in [-0.15, -0.1) is 0 Å². The van der Waals surface area contributed by atoms with Crippen LogP contribution in [0.1, 0.15) is 49.5 Å². The lowest BCUT2D eigenvalue weighted by Crippen LogP contribution is -2.38. The second-order valence-corrected chi connectivity index (χ2v) is 6.54. The van der Waals surface area contributed by atoms with E-state index in [1.54, 1.807) is 6.20 Å². The van der Waals surface area contributed by atoms with Gasteiger partial charge in [-0.05, 0) is 38.4 Å². The predicted octanol–water partition coefficient (Wildman–Crippen LogP) is 2.70. The van der Waals surface area contributed by atoms with Crippen molar-refractivity contribution in [3.05, 3.63) is 18.1 Å². The topological polar surface area (TPSA) is 66.9 Å². The Hall–Kier alpha value is -1.30. The van der Waals surface area contributed by atoms with Crippen LogP contribution in [0.2, 0.25) is 0 Å². The van der Waals surface area contributed by atoms with Gasteiger partial charge in [0.2, 0.25) is 0 Å². The molecular weight excluding hydrogens is 284 g/mol. The lowest BCUT2D eigenvalue weighted by atomic mass is 9.95. The van der Waals surface area contributed by atoms with Crippen LogP contribution in [0.3, 0.4) is 0 Å². The van der Waals surface area contributed by atoms with Gasteiger partial charge in [0.25, 0.3) is 5.91 Å². The van der Waals surface area contributed by atoms with Crippen LogP contribution >= 0.6 is 11.8 Å². The van der Waals surface area contributed by atoms with Gasteiger partial charge in [0, 0.05) is 17.8 Å². The van der Waals surface area contributed by atoms with Crippen molar-refractivity contribution in [1.82, 2.24) is 15.3 Å². The van der Waals surface area contributed by atoms with Crippen molar-refractivity contribution in [3.8, 4) is 0 Å². The Morgan fingerprint density at radius 1 is 1.33 bits per heavy atom. The summed E-state index contributed by atoms with van der Waals surface area (Å²) in [5.41, 5.74) is 0.392. The molecule has 0 spiro atoms. The van der Waals surface area contributed by atoms with E-state index in [2.05, 4.69) is 33.8 Å². The van der Waals surface area contributed by atoms with Gasteiger partial charge in [0.05, 0.1) is 12.4 Å². The minimum Gasteiger partial charge on any atom is -0.369 e. The summed E-state index contributed by atoms with van der Waals surface area (Å²) >= 11 is 1.93. The molecule has 0 aromatic carbocycles. The minimum absolute atomic E-state index is 0.116. The quantitative estimate of drug-likeness (QED) is 0.846. The van der Waals surface area contributed by atoms with Crippen molar-refractivity contribution >= 4 is 23.5 Å². The van der Waals surface area contributed by atoms with E-state index in [-0.39, 0.29) is 11.9 Å². The molecule has 0 aliphatic heterocycles. The highest BCUT2D eigenvalue weighted by atomic mass is 32.2. The van der Waals surface area contributed by atoms with Gasteiger partial charge in [0.1, 0.15) is 11.5 Å². The number of nitrogens with one attached hydrogen (secondary N) is 2. The number of hydrogen-bond donors (Lipinski definition) is 2. The van der Waals surface area contributed by atoms with Gasteiger partial charge in [-0.3, -0.25) is 9.78 Å². The first-order valence-electron chi connectivity index (χ1n) is 7.62. The molecule has 6 heteroatoms. The minimum atomic E-state index is -0.116. The molecule has 21 heavy (non-hydrogen) atoms. The van der Waals surface area contributed by atoms with Gasteiger partial charge in [-0.2, -0.15) is 11.8 Å². The molecule has 1 saturated carbocycles. The summed E-state index contributed by atoms with van der Waals surface area (Å²) in [4.78, 5) is 20.6. The van der Waals surface area contributed by atoms with Crippen molar-refractivity contribution in [2.75, 3.05) is 18.1 Å². The zero-order valence-electron chi connectivity index (χ0n) is 12.8. The Balaban J connectivity index is 1.88. The zero-order valence-corrected chi connectivity index (χ0v) is 13.6. The molecule has 0 radical (unpaired) electrons.